The quantitative estimate of drug-likeness (QED) is 0.765. The number of anilines is 1. The van der Waals surface area contributed by atoms with Crippen LogP contribution in [-0.2, 0) is 6.54 Å². The average molecular weight is 277 g/mol. The Labute approximate surface area is 122 Å². The lowest BCUT2D eigenvalue weighted by atomic mass is 10.2. The zero-order valence-electron chi connectivity index (χ0n) is 13.0. The third kappa shape index (κ3) is 4.15. The molecule has 1 aliphatic rings. The van der Waals surface area contributed by atoms with Crippen LogP contribution in [0.1, 0.15) is 31.9 Å². The summed E-state index contributed by atoms with van der Waals surface area (Å²) in [5.74, 6) is 1.03. The molecule has 5 nitrogen and oxygen atoms in total. The molecule has 1 saturated heterocycles. The lowest BCUT2D eigenvalue weighted by molar-refractivity contribution is 0.371. The molecule has 1 fully saturated rings. The minimum atomic E-state index is 0.568. The molecule has 0 aliphatic carbocycles. The van der Waals surface area contributed by atoms with E-state index in [4.69, 9.17) is 4.98 Å². The monoisotopic (exact) mass is 277 g/mol. The number of hydrogen-bond acceptors (Lipinski definition) is 5. The van der Waals surface area contributed by atoms with E-state index < -0.39 is 0 Å². The predicted molar refractivity (Wildman–Crippen MR) is 83.0 cm³/mol. The average Bonchev–Trinajstić information content (AvgIpc) is 2.87. The van der Waals surface area contributed by atoms with Gasteiger partial charge >= 0.3 is 0 Å². The van der Waals surface area contributed by atoms with E-state index in [9.17, 15) is 0 Å². The second-order valence-corrected chi connectivity index (χ2v) is 5.80. The van der Waals surface area contributed by atoms with Crippen LogP contribution in [0.15, 0.2) is 12.4 Å². The summed E-state index contributed by atoms with van der Waals surface area (Å²) in [7, 11) is 4.26. The maximum Gasteiger partial charge on any atom is 0.147 e. The van der Waals surface area contributed by atoms with Crippen LogP contribution in [0.5, 0.6) is 0 Å². The van der Waals surface area contributed by atoms with Gasteiger partial charge < -0.3 is 15.1 Å². The summed E-state index contributed by atoms with van der Waals surface area (Å²) < 4.78 is 0. The molecule has 1 aromatic rings. The molecular formula is C15H27N5. The van der Waals surface area contributed by atoms with E-state index in [0.717, 1.165) is 44.1 Å². The second-order valence-electron chi connectivity index (χ2n) is 5.80. The van der Waals surface area contributed by atoms with Gasteiger partial charge in [0.15, 0.2) is 0 Å². The van der Waals surface area contributed by atoms with Crippen molar-refractivity contribution < 1.29 is 0 Å². The maximum atomic E-state index is 4.77. The molecule has 0 spiro atoms. The van der Waals surface area contributed by atoms with Crippen molar-refractivity contribution in [3.8, 4) is 0 Å². The van der Waals surface area contributed by atoms with Gasteiger partial charge in [0.25, 0.3) is 0 Å². The molecule has 1 N–H and O–H groups in total. The molecule has 112 valence electrons. The fraction of sp³-hybridized carbons (Fsp3) is 0.733. The van der Waals surface area contributed by atoms with Crippen molar-refractivity contribution in [2.24, 2.45) is 0 Å². The number of nitrogens with zero attached hydrogens (tertiary/aromatic N) is 4. The highest BCUT2D eigenvalue weighted by Crippen LogP contribution is 2.23. The molecule has 0 radical (unpaired) electrons. The lowest BCUT2D eigenvalue weighted by Crippen LogP contribution is -2.38. The van der Waals surface area contributed by atoms with E-state index in [2.05, 4.69) is 41.1 Å². The Morgan fingerprint density at radius 1 is 1.40 bits per heavy atom. The number of rotatable bonds is 7. The largest absolute Gasteiger partial charge is 0.351 e. The highest BCUT2D eigenvalue weighted by molar-refractivity contribution is 5.39. The van der Waals surface area contributed by atoms with Crippen LogP contribution in [0.4, 0.5) is 5.82 Å². The first-order valence-corrected chi connectivity index (χ1v) is 7.63. The van der Waals surface area contributed by atoms with Crippen LogP contribution in [-0.4, -0.2) is 54.6 Å². The van der Waals surface area contributed by atoms with E-state index in [1.165, 1.54) is 12.8 Å². The molecule has 1 atom stereocenters. The SMILES string of the molecule is CCCNCc1cncc(N2CCCC2CN(C)C)n1. The summed E-state index contributed by atoms with van der Waals surface area (Å²) in [6.45, 7) is 6.18. The summed E-state index contributed by atoms with van der Waals surface area (Å²) in [4.78, 5) is 13.8. The van der Waals surface area contributed by atoms with Gasteiger partial charge in [0.1, 0.15) is 5.82 Å². The molecule has 0 bridgehead atoms. The molecule has 1 aliphatic heterocycles. The molecule has 2 heterocycles. The van der Waals surface area contributed by atoms with Gasteiger partial charge in [0, 0.05) is 31.9 Å². The molecule has 5 heteroatoms. The van der Waals surface area contributed by atoms with Crippen LogP contribution in [0.25, 0.3) is 0 Å². The van der Waals surface area contributed by atoms with Crippen molar-refractivity contribution in [1.82, 2.24) is 20.2 Å². The van der Waals surface area contributed by atoms with Gasteiger partial charge in [-0.1, -0.05) is 6.92 Å². The predicted octanol–water partition coefficient (Wildman–Crippen LogP) is 1.51. The third-order valence-corrected chi connectivity index (χ3v) is 3.65. The van der Waals surface area contributed by atoms with Crippen molar-refractivity contribution in [1.29, 1.82) is 0 Å². The molecule has 1 aromatic heterocycles. The first-order valence-electron chi connectivity index (χ1n) is 7.63. The van der Waals surface area contributed by atoms with Gasteiger partial charge in [-0.15, -0.1) is 0 Å². The summed E-state index contributed by atoms with van der Waals surface area (Å²) in [6.07, 6.45) is 7.40. The third-order valence-electron chi connectivity index (χ3n) is 3.65. The van der Waals surface area contributed by atoms with Gasteiger partial charge in [-0.2, -0.15) is 0 Å². The van der Waals surface area contributed by atoms with Crippen molar-refractivity contribution in [2.75, 3.05) is 38.6 Å². The summed E-state index contributed by atoms with van der Waals surface area (Å²) >= 11 is 0. The second kappa shape index (κ2) is 7.55. The zero-order valence-corrected chi connectivity index (χ0v) is 13.0. The van der Waals surface area contributed by atoms with E-state index >= 15 is 0 Å². The smallest absolute Gasteiger partial charge is 0.147 e. The first-order chi connectivity index (χ1) is 9.70. The van der Waals surface area contributed by atoms with Gasteiger partial charge in [-0.05, 0) is 39.9 Å². The molecule has 0 aromatic carbocycles. The minimum absolute atomic E-state index is 0.568. The van der Waals surface area contributed by atoms with Crippen molar-refractivity contribution >= 4 is 5.82 Å². The van der Waals surface area contributed by atoms with Crippen LogP contribution < -0.4 is 10.2 Å². The van der Waals surface area contributed by atoms with Crippen LogP contribution in [0.2, 0.25) is 0 Å². The molecular weight excluding hydrogens is 250 g/mol. The Balaban J connectivity index is 2.01. The highest BCUT2D eigenvalue weighted by Gasteiger charge is 2.26. The molecule has 0 amide bonds. The van der Waals surface area contributed by atoms with E-state index in [-0.39, 0.29) is 0 Å². The van der Waals surface area contributed by atoms with Crippen LogP contribution in [0.3, 0.4) is 0 Å². The van der Waals surface area contributed by atoms with E-state index in [1.54, 1.807) is 0 Å². The number of likely N-dealkylation sites (N-methyl/N-ethyl adjacent to an activating group) is 1. The Bertz CT molecular complexity index is 407. The Morgan fingerprint density at radius 2 is 2.25 bits per heavy atom. The van der Waals surface area contributed by atoms with E-state index in [1.807, 2.05) is 12.4 Å². The van der Waals surface area contributed by atoms with Crippen molar-refractivity contribution in [3.63, 3.8) is 0 Å². The van der Waals surface area contributed by atoms with E-state index in [0.29, 0.717) is 6.04 Å². The van der Waals surface area contributed by atoms with Gasteiger partial charge in [0.05, 0.1) is 11.9 Å². The zero-order chi connectivity index (χ0) is 14.4. The molecule has 20 heavy (non-hydrogen) atoms. The normalized spacial score (nSPS) is 19.0. The Hall–Kier alpha value is -1.20. The fourth-order valence-electron chi connectivity index (χ4n) is 2.76. The van der Waals surface area contributed by atoms with Gasteiger partial charge in [0.2, 0.25) is 0 Å². The Morgan fingerprint density at radius 3 is 3.00 bits per heavy atom. The van der Waals surface area contributed by atoms with Crippen molar-refractivity contribution in [3.05, 3.63) is 18.1 Å². The van der Waals surface area contributed by atoms with Gasteiger partial charge in [-0.3, -0.25) is 4.98 Å². The van der Waals surface area contributed by atoms with Crippen LogP contribution >= 0.6 is 0 Å². The van der Waals surface area contributed by atoms with Gasteiger partial charge in [-0.25, -0.2) is 4.98 Å². The van der Waals surface area contributed by atoms with Crippen molar-refractivity contribution in [2.45, 2.75) is 38.8 Å². The topological polar surface area (TPSA) is 44.3 Å². The molecule has 2 rings (SSSR count). The minimum Gasteiger partial charge on any atom is -0.351 e. The summed E-state index contributed by atoms with van der Waals surface area (Å²) in [5.41, 5.74) is 1.03. The molecule has 1 unspecified atom stereocenters. The van der Waals surface area contributed by atoms with Crippen LogP contribution in [0, 0.1) is 0 Å². The highest BCUT2D eigenvalue weighted by atomic mass is 15.3. The fourth-order valence-corrected chi connectivity index (χ4v) is 2.76. The standard InChI is InChI=1S/C15H27N5/c1-4-7-16-9-13-10-17-11-15(18-13)20-8-5-6-14(20)12-19(2)3/h10-11,14,16H,4-9,12H2,1-3H3. The summed E-state index contributed by atoms with van der Waals surface area (Å²) in [5, 5.41) is 3.38. The maximum absolute atomic E-state index is 4.77. The number of nitrogens with one attached hydrogen (secondary N) is 1. The summed E-state index contributed by atoms with van der Waals surface area (Å²) in [6, 6.07) is 0.568. The number of hydrogen-bond donors (Lipinski definition) is 1. The lowest BCUT2D eigenvalue weighted by Gasteiger charge is -2.28. The Kier molecular flexibility index (Phi) is 5.73. The first kappa shape index (κ1) is 15.2. The molecule has 0 saturated carbocycles. The number of aromatic nitrogens is 2.